The normalized spacial score (nSPS) is 10.1. The van der Waals surface area contributed by atoms with E-state index in [1.54, 1.807) is 31.3 Å². The number of halogens is 1. The summed E-state index contributed by atoms with van der Waals surface area (Å²) in [5.74, 6) is 0.453. The van der Waals surface area contributed by atoms with Crippen LogP contribution in [-0.2, 0) is 11.2 Å². The molecule has 0 aliphatic heterocycles. The first kappa shape index (κ1) is 19.7. The number of nitrogens with one attached hydrogen (secondary N) is 2. The first-order valence-electron chi connectivity index (χ1n) is 8.17. The maximum absolute atomic E-state index is 12.4. The predicted octanol–water partition coefficient (Wildman–Crippen LogP) is 3.94. The number of carbonyl (C=O) groups excluding carboxylic acids is 2. The third kappa shape index (κ3) is 5.74. The summed E-state index contributed by atoms with van der Waals surface area (Å²) in [5.41, 5.74) is 2.26. The minimum Gasteiger partial charge on any atom is -0.488 e. The minimum atomic E-state index is -0.209. The highest BCUT2D eigenvalue weighted by Crippen LogP contribution is 2.26. The monoisotopic (exact) mass is 416 g/mol. The number of benzene rings is 2. The summed E-state index contributed by atoms with van der Waals surface area (Å²) in [7, 11) is 1.62. The van der Waals surface area contributed by atoms with Crippen molar-refractivity contribution in [3.8, 4) is 5.75 Å². The summed E-state index contributed by atoms with van der Waals surface area (Å²) in [4.78, 5) is 23.7. The van der Waals surface area contributed by atoms with Crippen LogP contribution in [0.4, 0.5) is 5.69 Å². The van der Waals surface area contributed by atoms with E-state index in [-0.39, 0.29) is 11.8 Å². The molecule has 0 saturated heterocycles. The van der Waals surface area contributed by atoms with Crippen LogP contribution in [0.5, 0.6) is 5.75 Å². The fourth-order valence-corrected chi connectivity index (χ4v) is 2.74. The minimum absolute atomic E-state index is 0.00785. The number of hydrogen-bond acceptors (Lipinski definition) is 3. The highest BCUT2D eigenvalue weighted by Gasteiger charge is 2.10. The average Bonchev–Trinajstić information content (AvgIpc) is 2.66. The molecular weight excluding hydrogens is 396 g/mol. The molecule has 0 heterocycles. The lowest BCUT2D eigenvalue weighted by molar-refractivity contribution is -0.120. The smallest absolute Gasteiger partial charge is 0.255 e. The quantitative estimate of drug-likeness (QED) is 0.640. The molecule has 2 amide bonds. The van der Waals surface area contributed by atoms with Gasteiger partial charge in [-0.1, -0.05) is 24.8 Å². The largest absolute Gasteiger partial charge is 0.488 e. The molecular formula is C20H21BrN2O3. The van der Waals surface area contributed by atoms with Gasteiger partial charge in [-0.15, -0.1) is 0 Å². The standard InChI is InChI=1S/C20H21BrN2O3/c1-3-12-26-18-10-7-15(13-17(18)21)20(25)23-16-8-4-14(5-9-16)6-11-19(24)22-2/h3-5,7-10,13H,1,6,11-12H2,2H3,(H,22,24)(H,23,25). The van der Waals surface area contributed by atoms with Crippen molar-refractivity contribution in [2.45, 2.75) is 12.8 Å². The van der Waals surface area contributed by atoms with Crippen LogP contribution in [0.3, 0.4) is 0 Å². The predicted molar refractivity (Wildman–Crippen MR) is 107 cm³/mol. The molecule has 2 aromatic carbocycles. The van der Waals surface area contributed by atoms with Crippen LogP contribution in [0.2, 0.25) is 0 Å². The third-order valence-electron chi connectivity index (χ3n) is 3.68. The van der Waals surface area contributed by atoms with Crippen LogP contribution in [0.1, 0.15) is 22.3 Å². The van der Waals surface area contributed by atoms with E-state index >= 15 is 0 Å². The SMILES string of the molecule is C=CCOc1ccc(C(=O)Nc2ccc(CCC(=O)NC)cc2)cc1Br. The molecule has 0 aliphatic rings. The van der Waals surface area contributed by atoms with E-state index in [2.05, 4.69) is 33.1 Å². The van der Waals surface area contributed by atoms with E-state index in [4.69, 9.17) is 4.74 Å². The van der Waals surface area contributed by atoms with E-state index in [0.29, 0.717) is 40.9 Å². The van der Waals surface area contributed by atoms with Gasteiger partial charge in [0, 0.05) is 24.7 Å². The van der Waals surface area contributed by atoms with Crippen LogP contribution >= 0.6 is 15.9 Å². The van der Waals surface area contributed by atoms with Gasteiger partial charge in [0.15, 0.2) is 0 Å². The summed E-state index contributed by atoms with van der Waals surface area (Å²) >= 11 is 3.40. The van der Waals surface area contributed by atoms with Crippen molar-refractivity contribution in [3.63, 3.8) is 0 Å². The van der Waals surface area contributed by atoms with Crippen molar-refractivity contribution in [1.82, 2.24) is 5.32 Å². The average molecular weight is 417 g/mol. The first-order chi connectivity index (χ1) is 12.5. The topological polar surface area (TPSA) is 67.4 Å². The van der Waals surface area contributed by atoms with E-state index in [0.717, 1.165) is 5.56 Å². The van der Waals surface area contributed by atoms with Gasteiger partial charge in [-0.3, -0.25) is 9.59 Å². The summed E-state index contributed by atoms with van der Waals surface area (Å²) in [6, 6.07) is 12.6. The fourth-order valence-electron chi connectivity index (χ4n) is 2.25. The zero-order chi connectivity index (χ0) is 18.9. The van der Waals surface area contributed by atoms with Gasteiger partial charge in [-0.25, -0.2) is 0 Å². The highest BCUT2D eigenvalue weighted by atomic mass is 79.9. The summed E-state index contributed by atoms with van der Waals surface area (Å²) in [6.45, 7) is 4.00. The van der Waals surface area contributed by atoms with Crippen molar-refractivity contribution in [1.29, 1.82) is 0 Å². The molecule has 0 atom stereocenters. The molecule has 0 aliphatic carbocycles. The molecule has 0 saturated carbocycles. The lowest BCUT2D eigenvalue weighted by atomic mass is 10.1. The van der Waals surface area contributed by atoms with Crippen LogP contribution < -0.4 is 15.4 Å². The maximum atomic E-state index is 12.4. The molecule has 2 N–H and O–H groups in total. The second-order valence-corrected chi connectivity index (χ2v) is 6.42. The zero-order valence-corrected chi connectivity index (χ0v) is 16.1. The van der Waals surface area contributed by atoms with Gasteiger partial charge >= 0.3 is 0 Å². The number of rotatable bonds is 8. The van der Waals surface area contributed by atoms with Crippen molar-refractivity contribution < 1.29 is 14.3 Å². The van der Waals surface area contributed by atoms with Gasteiger partial charge in [0.1, 0.15) is 12.4 Å². The number of aryl methyl sites for hydroxylation is 1. The Balaban J connectivity index is 1.97. The Bertz CT molecular complexity index is 788. The van der Waals surface area contributed by atoms with E-state index in [9.17, 15) is 9.59 Å². The lowest BCUT2D eigenvalue weighted by Gasteiger charge is -2.09. The third-order valence-corrected chi connectivity index (χ3v) is 4.30. The molecule has 5 nitrogen and oxygen atoms in total. The molecule has 0 fully saturated rings. The van der Waals surface area contributed by atoms with Gasteiger partial charge in [0.05, 0.1) is 4.47 Å². The zero-order valence-electron chi connectivity index (χ0n) is 14.5. The van der Waals surface area contributed by atoms with E-state index in [1.165, 1.54) is 0 Å². The number of carbonyl (C=O) groups is 2. The van der Waals surface area contributed by atoms with Crippen molar-refractivity contribution in [2.75, 3.05) is 19.0 Å². The second kappa shape index (κ2) is 9.77. The van der Waals surface area contributed by atoms with Crippen LogP contribution in [0, 0.1) is 0 Å². The lowest BCUT2D eigenvalue weighted by Crippen LogP contribution is -2.17. The summed E-state index contributed by atoms with van der Waals surface area (Å²) in [6.07, 6.45) is 2.76. The highest BCUT2D eigenvalue weighted by molar-refractivity contribution is 9.10. The van der Waals surface area contributed by atoms with Gasteiger partial charge in [-0.2, -0.15) is 0 Å². The van der Waals surface area contributed by atoms with Gasteiger partial charge in [0.2, 0.25) is 5.91 Å². The Morgan fingerprint density at radius 1 is 1.19 bits per heavy atom. The summed E-state index contributed by atoms with van der Waals surface area (Å²) < 4.78 is 6.18. The van der Waals surface area contributed by atoms with Gasteiger partial charge in [0.25, 0.3) is 5.91 Å². The molecule has 0 unspecified atom stereocenters. The summed E-state index contributed by atoms with van der Waals surface area (Å²) in [5, 5.41) is 5.45. The van der Waals surface area contributed by atoms with Crippen molar-refractivity contribution in [2.24, 2.45) is 0 Å². The number of hydrogen-bond donors (Lipinski definition) is 2. The van der Waals surface area contributed by atoms with Crippen molar-refractivity contribution >= 4 is 33.4 Å². The van der Waals surface area contributed by atoms with Crippen LogP contribution in [-0.4, -0.2) is 25.5 Å². The Hall–Kier alpha value is -2.60. The Labute approximate surface area is 161 Å². The van der Waals surface area contributed by atoms with E-state index < -0.39 is 0 Å². The molecule has 0 spiro atoms. The molecule has 2 aromatic rings. The molecule has 6 heteroatoms. The van der Waals surface area contributed by atoms with Gasteiger partial charge < -0.3 is 15.4 Å². The Morgan fingerprint density at radius 2 is 1.92 bits per heavy atom. The fraction of sp³-hybridized carbons (Fsp3) is 0.200. The molecule has 0 radical (unpaired) electrons. The van der Waals surface area contributed by atoms with E-state index in [1.807, 2.05) is 24.3 Å². The number of amides is 2. The Morgan fingerprint density at radius 3 is 2.54 bits per heavy atom. The molecule has 0 bridgehead atoms. The molecule has 0 aromatic heterocycles. The van der Waals surface area contributed by atoms with Crippen LogP contribution in [0.15, 0.2) is 59.6 Å². The number of anilines is 1. The molecule has 26 heavy (non-hydrogen) atoms. The second-order valence-electron chi connectivity index (χ2n) is 5.57. The molecule has 2 rings (SSSR count). The van der Waals surface area contributed by atoms with Crippen LogP contribution in [0.25, 0.3) is 0 Å². The van der Waals surface area contributed by atoms with Gasteiger partial charge in [-0.05, 0) is 58.2 Å². The van der Waals surface area contributed by atoms with Crippen molar-refractivity contribution in [3.05, 3.63) is 70.7 Å². The Kier molecular flexibility index (Phi) is 7.41. The maximum Gasteiger partial charge on any atom is 0.255 e. The molecule has 136 valence electrons. The number of ether oxygens (including phenoxy) is 1. The first-order valence-corrected chi connectivity index (χ1v) is 8.97.